The summed E-state index contributed by atoms with van der Waals surface area (Å²) in [5.41, 5.74) is 1.99. The average molecular weight is 220 g/mol. The third-order valence-corrected chi connectivity index (χ3v) is 6.26. The van der Waals surface area contributed by atoms with Crippen LogP contribution in [-0.4, -0.2) is 0 Å². The number of fused-ring (bicyclic) bond motifs is 5. The van der Waals surface area contributed by atoms with Crippen LogP contribution < -0.4 is 0 Å². The molecule has 0 aromatic heterocycles. The zero-order valence-corrected chi connectivity index (χ0v) is 11.8. The summed E-state index contributed by atoms with van der Waals surface area (Å²) in [7, 11) is 0. The van der Waals surface area contributed by atoms with Crippen LogP contribution in [0.4, 0.5) is 0 Å². The van der Waals surface area contributed by atoms with Gasteiger partial charge in [-0.05, 0) is 66.1 Å². The molecule has 0 nitrogen and oxygen atoms in total. The quantitative estimate of drug-likeness (QED) is 0.545. The van der Waals surface area contributed by atoms with Crippen molar-refractivity contribution in [3.63, 3.8) is 0 Å². The SMILES string of the molecule is CC1CC2(C)CC(C)(C1)C1CC(C)(C)CC12. The van der Waals surface area contributed by atoms with Gasteiger partial charge < -0.3 is 0 Å². The van der Waals surface area contributed by atoms with E-state index in [2.05, 4.69) is 34.6 Å². The van der Waals surface area contributed by atoms with Gasteiger partial charge in [-0.15, -0.1) is 0 Å². The van der Waals surface area contributed by atoms with Crippen molar-refractivity contribution >= 4 is 0 Å². The highest BCUT2D eigenvalue weighted by Crippen LogP contribution is 2.72. The minimum Gasteiger partial charge on any atom is -0.0625 e. The van der Waals surface area contributed by atoms with E-state index in [-0.39, 0.29) is 0 Å². The minimum absolute atomic E-state index is 0.624. The van der Waals surface area contributed by atoms with Gasteiger partial charge in [0.15, 0.2) is 0 Å². The van der Waals surface area contributed by atoms with Crippen molar-refractivity contribution in [3.05, 3.63) is 0 Å². The number of hydrogen-bond donors (Lipinski definition) is 0. The largest absolute Gasteiger partial charge is 0.0625 e. The summed E-state index contributed by atoms with van der Waals surface area (Å²) in [5.74, 6) is 3.05. The molecule has 3 rings (SSSR count). The van der Waals surface area contributed by atoms with E-state index in [4.69, 9.17) is 0 Å². The highest BCUT2D eigenvalue weighted by molar-refractivity contribution is 5.12. The molecule has 0 saturated heterocycles. The summed E-state index contributed by atoms with van der Waals surface area (Å²) in [6.45, 7) is 12.7. The van der Waals surface area contributed by atoms with Gasteiger partial charge in [0, 0.05) is 0 Å². The lowest BCUT2D eigenvalue weighted by Gasteiger charge is -2.43. The first kappa shape index (κ1) is 11.1. The van der Waals surface area contributed by atoms with Gasteiger partial charge in [0.05, 0.1) is 0 Å². The van der Waals surface area contributed by atoms with Gasteiger partial charge in [0.2, 0.25) is 0 Å². The third kappa shape index (κ3) is 1.34. The molecule has 3 aliphatic rings. The van der Waals surface area contributed by atoms with Crippen LogP contribution in [0.2, 0.25) is 0 Å². The predicted octanol–water partition coefficient (Wildman–Crippen LogP) is 4.89. The molecule has 0 heteroatoms. The normalized spacial score (nSPS) is 58.7. The van der Waals surface area contributed by atoms with Crippen molar-refractivity contribution < 1.29 is 0 Å². The molecule has 0 N–H and O–H groups in total. The van der Waals surface area contributed by atoms with Crippen LogP contribution in [0.5, 0.6) is 0 Å². The van der Waals surface area contributed by atoms with Gasteiger partial charge in [-0.25, -0.2) is 0 Å². The summed E-state index contributed by atoms with van der Waals surface area (Å²) in [5, 5.41) is 0. The summed E-state index contributed by atoms with van der Waals surface area (Å²) in [6.07, 6.45) is 7.52. The zero-order valence-electron chi connectivity index (χ0n) is 11.8. The van der Waals surface area contributed by atoms with Crippen LogP contribution in [0, 0.1) is 34.0 Å². The minimum atomic E-state index is 0.624. The molecule has 3 saturated carbocycles. The molecule has 0 aliphatic heterocycles. The Bertz CT molecular complexity index is 288. The smallest absolute Gasteiger partial charge is 0.0287 e. The lowest BCUT2D eigenvalue weighted by molar-refractivity contribution is 0.0777. The second kappa shape index (κ2) is 2.87. The monoisotopic (exact) mass is 220 g/mol. The Morgan fingerprint density at radius 3 is 1.62 bits per heavy atom. The lowest BCUT2D eigenvalue weighted by Crippen LogP contribution is -2.32. The van der Waals surface area contributed by atoms with Crippen LogP contribution in [0.15, 0.2) is 0 Å². The van der Waals surface area contributed by atoms with E-state index >= 15 is 0 Å². The van der Waals surface area contributed by atoms with Crippen LogP contribution >= 0.6 is 0 Å². The maximum absolute atomic E-state index is 2.60. The Morgan fingerprint density at radius 1 is 0.750 bits per heavy atom. The van der Waals surface area contributed by atoms with Crippen molar-refractivity contribution in [1.82, 2.24) is 0 Å². The van der Waals surface area contributed by atoms with Crippen molar-refractivity contribution in [1.29, 1.82) is 0 Å². The molecule has 2 bridgehead atoms. The molecule has 92 valence electrons. The van der Waals surface area contributed by atoms with E-state index in [1.165, 1.54) is 32.1 Å². The molecular weight excluding hydrogens is 192 g/mol. The summed E-state index contributed by atoms with van der Waals surface area (Å²) < 4.78 is 0. The number of rotatable bonds is 0. The highest BCUT2D eigenvalue weighted by atomic mass is 14.7. The molecule has 0 aromatic rings. The van der Waals surface area contributed by atoms with Crippen LogP contribution in [0.3, 0.4) is 0 Å². The molecule has 3 fully saturated rings. The van der Waals surface area contributed by atoms with Gasteiger partial charge in [0.1, 0.15) is 0 Å². The number of hydrogen-bond acceptors (Lipinski definition) is 0. The first-order chi connectivity index (χ1) is 7.24. The maximum Gasteiger partial charge on any atom is -0.0287 e. The van der Waals surface area contributed by atoms with Gasteiger partial charge in [0.25, 0.3) is 0 Å². The Balaban J connectivity index is 1.99. The molecule has 4 unspecified atom stereocenters. The Labute approximate surface area is 101 Å². The fourth-order valence-corrected chi connectivity index (χ4v) is 6.32. The lowest BCUT2D eigenvalue weighted by atomic mass is 9.62. The van der Waals surface area contributed by atoms with Gasteiger partial charge in [-0.2, -0.15) is 0 Å². The second-order valence-electron chi connectivity index (χ2n) is 8.78. The van der Waals surface area contributed by atoms with E-state index in [1.54, 1.807) is 0 Å². The van der Waals surface area contributed by atoms with Crippen LogP contribution in [0.25, 0.3) is 0 Å². The van der Waals surface area contributed by atoms with E-state index in [0.717, 1.165) is 17.8 Å². The van der Waals surface area contributed by atoms with E-state index in [1.807, 2.05) is 0 Å². The summed E-state index contributed by atoms with van der Waals surface area (Å²) >= 11 is 0. The summed E-state index contributed by atoms with van der Waals surface area (Å²) in [6, 6.07) is 0. The van der Waals surface area contributed by atoms with Gasteiger partial charge >= 0.3 is 0 Å². The van der Waals surface area contributed by atoms with E-state index in [9.17, 15) is 0 Å². The highest BCUT2D eigenvalue weighted by Gasteiger charge is 2.63. The maximum atomic E-state index is 2.60. The molecule has 0 radical (unpaired) electrons. The Kier molecular flexibility index (Phi) is 1.99. The first-order valence-electron chi connectivity index (χ1n) is 7.24. The van der Waals surface area contributed by atoms with Gasteiger partial charge in [-0.1, -0.05) is 34.6 Å². The van der Waals surface area contributed by atoms with Gasteiger partial charge in [-0.3, -0.25) is 0 Å². The average Bonchev–Trinajstić information content (AvgIpc) is 2.45. The van der Waals surface area contributed by atoms with Crippen molar-refractivity contribution in [3.8, 4) is 0 Å². The second-order valence-corrected chi connectivity index (χ2v) is 8.78. The Hall–Kier alpha value is 0. The molecule has 0 aromatic carbocycles. The summed E-state index contributed by atoms with van der Waals surface area (Å²) in [4.78, 5) is 0. The molecule has 0 spiro atoms. The predicted molar refractivity (Wildman–Crippen MR) is 69.2 cm³/mol. The fourth-order valence-electron chi connectivity index (χ4n) is 6.32. The van der Waals surface area contributed by atoms with E-state index in [0.29, 0.717) is 16.2 Å². The molecule has 16 heavy (non-hydrogen) atoms. The molecular formula is C16H28. The first-order valence-corrected chi connectivity index (χ1v) is 7.24. The topological polar surface area (TPSA) is 0 Å². The van der Waals surface area contributed by atoms with Crippen molar-refractivity contribution in [2.24, 2.45) is 34.0 Å². The van der Waals surface area contributed by atoms with E-state index < -0.39 is 0 Å². The zero-order chi connectivity index (χ0) is 11.8. The van der Waals surface area contributed by atoms with Crippen molar-refractivity contribution in [2.75, 3.05) is 0 Å². The molecule has 4 atom stereocenters. The van der Waals surface area contributed by atoms with Crippen LogP contribution in [-0.2, 0) is 0 Å². The molecule has 3 aliphatic carbocycles. The Morgan fingerprint density at radius 2 is 1.19 bits per heavy atom. The third-order valence-electron chi connectivity index (χ3n) is 6.26. The van der Waals surface area contributed by atoms with Crippen LogP contribution in [0.1, 0.15) is 66.7 Å². The fraction of sp³-hybridized carbons (Fsp3) is 1.00. The molecule has 0 heterocycles. The van der Waals surface area contributed by atoms with Crippen molar-refractivity contribution in [2.45, 2.75) is 66.7 Å². The standard InChI is InChI=1S/C16H28/c1-11-6-15(4)10-16(5,7-11)13-9-14(2,3)8-12(13)15/h11-13H,6-10H2,1-5H3. The molecule has 0 amide bonds.